The van der Waals surface area contributed by atoms with Gasteiger partial charge in [0.05, 0.1) is 17.5 Å². The van der Waals surface area contributed by atoms with Crippen molar-refractivity contribution >= 4 is 40.1 Å². The number of nitrogens with zero attached hydrogens (tertiary/aromatic N) is 1. The van der Waals surface area contributed by atoms with Crippen LogP contribution in [0.3, 0.4) is 0 Å². The number of halogens is 1. The van der Waals surface area contributed by atoms with Crippen molar-refractivity contribution < 1.29 is 9.59 Å². The molecule has 3 nitrogen and oxygen atoms in total. The Balaban J connectivity index is 1.80. The maximum atomic E-state index is 13.0. The van der Waals surface area contributed by atoms with E-state index < -0.39 is 0 Å². The molecule has 0 unspecified atom stereocenters. The first-order valence-corrected chi connectivity index (χ1v) is 8.58. The molecule has 1 aliphatic heterocycles. The summed E-state index contributed by atoms with van der Waals surface area (Å²) >= 11 is 2.18. The predicted molar refractivity (Wildman–Crippen MR) is 93.1 cm³/mol. The Morgan fingerprint density at radius 3 is 2.05 bits per heavy atom. The first-order chi connectivity index (χ1) is 10.5. The molecule has 22 heavy (non-hydrogen) atoms. The summed E-state index contributed by atoms with van der Waals surface area (Å²) in [5, 5.41) is 0. The van der Waals surface area contributed by atoms with Gasteiger partial charge in [-0.15, -0.1) is 0 Å². The Kier molecular flexibility index (Phi) is 3.08. The van der Waals surface area contributed by atoms with E-state index >= 15 is 0 Å². The zero-order chi connectivity index (χ0) is 15.6. The molecule has 1 heterocycles. The van der Waals surface area contributed by atoms with Crippen LogP contribution in [0.1, 0.15) is 13.8 Å². The molecule has 0 radical (unpaired) electrons. The zero-order valence-corrected chi connectivity index (χ0v) is 14.6. The first kappa shape index (κ1) is 14.2. The van der Waals surface area contributed by atoms with Gasteiger partial charge in [-0.1, -0.05) is 35.4 Å². The van der Waals surface area contributed by atoms with Crippen molar-refractivity contribution in [2.45, 2.75) is 13.8 Å². The fourth-order valence-corrected chi connectivity index (χ4v) is 4.93. The molecule has 0 aromatic heterocycles. The molecule has 0 spiro atoms. The van der Waals surface area contributed by atoms with E-state index in [1.807, 2.05) is 24.3 Å². The summed E-state index contributed by atoms with van der Waals surface area (Å²) in [6, 6.07) is 7.58. The fraction of sp³-hybridized carbons (Fsp3) is 0.333. The minimum atomic E-state index is -0.205. The van der Waals surface area contributed by atoms with E-state index in [2.05, 4.69) is 48.6 Å². The number of allylic oxidation sites excluding steroid dienone is 4. The molecule has 2 fully saturated rings. The zero-order valence-electron chi connectivity index (χ0n) is 12.4. The molecule has 1 aromatic rings. The number of hydrogen-bond donors (Lipinski definition) is 0. The van der Waals surface area contributed by atoms with E-state index in [1.165, 1.54) is 16.0 Å². The Morgan fingerprint density at radius 2 is 1.55 bits per heavy atom. The normalized spacial score (nSPS) is 32.1. The van der Waals surface area contributed by atoms with Gasteiger partial charge in [0.25, 0.3) is 0 Å². The molecule has 0 N–H and O–H groups in total. The number of carbonyl (C=O) groups excluding carboxylic acids is 2. The second-order valence-corrected chi connectivity index (χ2v) is 7.57. The highest BCUT2D eigenvalue weighted by Gasteiger charge is 2.62. The van der Waals surface area contributed by atoms with E-state index in [-0.39, 0.29) is 35.5 Å². The maximum Gasteiger partial charge on any atom is 0.238 e. The Labute approximate surface area is 143 Å². The number of hydrogen-bond acceptors (Lipinski definition) is 2. The molecular weight excluding hydrogens is 389 g/mol. The lowest BCUT2D eigenvalue weighted by Gasteiger charge is -2.20. The van der Waals surface area contributed by atoms with Crippen LogP contribution in [0.2, 0.25) is 0 Å². The van der Waals surface area contributed by atoms with Crippen molar-refractivity contribution in [3.8, 4) is 0 Å². The second-order valence-electron chi connectivity index (χ2n) is 6.41. The van der Waals surface area contributed by atoms with Gasteiger partial charge in [0.2, 0.25) is 11.8 Å². The minimum absolute atomic E-state index is 0.0327. The number of amides is 2. The summed E-state index contributed by atoms with van der Waals surface area (Å²) < 4.78 is 0.935. The largest absolute Gasteiger partial charge is 0.274 e. The molecule has 3 aliphatic rings. The average Bonchev–Trinajstić information content (AvgIpc) is 3.11. The predicted octanol–water partition coefficient (Wildman–Crippen LogP) is 3.55. The van der Waals surface area contributed by atoms with Crippen LogP contribution >= 0.6 is 22.6 Å². The van der Waals surface area contributed by atoms with Gasteiger partial charge in [0, 0.05) is 15.4 Å². The van der Waals surface area contributed by atoms with Crippen molar-refractivity contribution in [3.63, 3.8) is 0 Å². The number of fused-ring (bicyclic) bond motifs is 5. The van der Waals surface area contributed by atoms with E-state index in [1.54, 1.807) is 0 Å². The summed E-state index contributed by atoms with van der Waals surface area (Å²) in [5.74, 6) is -0.248. The summed E-state index contributed by atoms with van der Waals surface area (Å²) in [4.78, 5) is 27.3. The van der Waals surface area contributed by atoms with E-state index in [0.717, 1.165) is 9.26 Å². The van der Waals surface area contributed by atoms with Crippen molar-refractivity contribution in [3.05, 3.63) is 51.1 Å². The molecule has 4 rings (SSSR count). The van der Waals surface area contributed by atoms with Gasteiger partial charge in [-0.3, -0.25) is 9.59 Å². The van der Waals surface area contributed by atoms with Gasteiger partial charge < -0.3 is 0 Å². The maximum absolute atomic E-state index is 13.0. The lowest BCUT2D eigenvalue weighted by Crippen LogP contribution is -2.33. The molecule has 4 atom stereocenters. The molecule has 1 aromatic carbocycles. The van der Waals surface area contributed by atoms with Gasteiger partial charge in [0.1, 0.15) is 0 Å². The molecule has 1 saturated heterocycles. The number of anilines is 1. The summed E-state index contributed by atoms with van der Waals surface area (Å²) in [5.41, 5.74) is 3.26. The van der Waals surface area contributed by atoms with Gasteiger partial charge in [-0.25, -0.2) is 4.90 Å². The second kappa shape index (κ2) is 4.78. The standard InChI is InChI=1S/C18H16INO2/c1-9(2)14-10-7-8-11(14)16-15(10)17(21)20(18(16)22)13-6-4-3-5-12(13)19/h3-8,10-11,15-16H,1-2H3/t10-,11-,15+,16+/m0/s1. The molecule has 112 valence electrons. The highest BCUT2D eigenvalue weighted by Crippen LogP contribution is 2.57. The van der Waals surface area contributed by atoms with Crippen LogP contribution in [0.25, 0.3) is 0 Å². The van der Waals surface area contributed by atoms with Crippen LogP contribution in [0.4, 0.5) is 5.69 Å². The molecule has 2 aliphatic carbocycles. The number of benzene rings is 1. The molecule has 2 bridgehead atoms. The van der Waals surface area contributed by atoms with Crippen LogP contribution < -0.4 is 4.90 Å². The topological polar surface area (TPSA) is 37.4 Å². The van der Waals surface area contributed by atoms with Crippen LogP contribution in [0.5, 0.6) is 0 Å². The quantitative estimate of drug-likeness (QED) is 0.407. The lowest BCUT2D eigenvalue weighted by molar-refractivity contribution is -0.122. The smallest absolute Gasteiger partial charge is 0.238 e. The third kappa shape index (κ3) is 1.67. The monoisotopic (exact) mass is 405 g/mol. The third-order valence-corrected chi connectivity index (χ3v) is 6.00. The van der Waals surface area contributed by atoms with Crippen LogP contribution in [0.15, 0.2) is 47.6 Å². The summed E-state index contributed by atoms with van der Waals surface area (Å²) in [6.45, 7) is 4.16. The van der Waals surface area contributed by atoms with E-state index in [0.29, 0.717) is 0 Å². The number of rotatable bonds is 1. The number of imide groups is 1. The number of carbonyl (C=O) groups is 2. The van der Waals surface area contributed by atoms with Crippen LogP contribution in [0, 0.1) is 27.2 Å². The highest BCUT2D eigenvalue weighted by atomic mass is 127. The van der Waals surface area contributed by atoms with E-state index in [4.69, 9.17) is 0 Å². The summed E-state index contributed by atoms with van der Waals surface area (Å²) in [7, 11) is 0. The van der Waals surface area contributed by atoms with Crippen molar-refractivity contribution in [1.82, 2.24) is 0 Å². The Bertz CT molecular complexity index is 726. The van der Waals surface area contributed by atoms with Gasteiger partial charge in [-0.05, 0) is 48.6 Å². The molecule has 1 saturated carbocycles. The SMILES string of the molecule is CC(C)=C1[C@@H]2C=C[C@@H]1[C@H]1C(=O)N(c3ccccc3I)C(=O)[C@@H]12. The average molecular weight is 405 g/mol. The Hall–Kier alpha value is -1.43. The van der Waals surface area contributed by atoms with Gasteiger partial charge >= 0.3 is 0 Å². The number of para-hydroxylation sites is 1. The fourth-order valence-electron chi connectivity index (χ4n) is 4.30. The first-order valence-electron chi connectivity index (χ1n) is 7.50. The van der Waals surface area contributed by atoms with E-state index in [9.17, 15) is 9.59 Å². The molecule has 2 amide bonds. The lowest BCUT2D eigenvalue weighted by atomic mass is 9.85. The highest BCUT2D eigenvalue weighted by molar-refractivity contribution is 14.1. The van der Waals surface area contributed by atoms with Gasteiger partial charge in [-0.2, -0.15) is 0 Å². The van der Waals surface area contributed by atoms with Crippen molar-refractivity contribution in [1.29, 1.82) is 0 Å². The molecular formula is C18H16INO2. The Morgan fingerprint density at radius 1 is 1.00 bits per heavy atom. The van der Waals surface area contributed by atoms with Crippen LogP contribution in [-0.2, 0) is 9.59 Å². The molecule has 4 heteroatoms. The summed E-state index contributed by atoms with van der Waals surface area (Å²) in [6.07, 6.45) is 4.25. The minimum Gasteiger partial charge on any atom is -0.274 e. The van der Waals surface area contributed by atoms with Crippen LogP contribution in [-0.4, -0.2) is 11.8 Å². The third-order valence-electron chi connectivity index (χ3n) is 5.09. The van der Waals surface area contributed by atoms with Crippen molar-refractivity contribution in [2.24, 2.45) is 23.7 Å². The van der Waals surface area contributed by atoms with Crippen molar-refractivity contribution in [2.75, 3.05) is 4.90 Å². The van der Waals surface area contributed by atoms with Gasteiger partial charge in [0.15, 0.2) is 0 Å².